The molecule has 2 rings (SSSR count). The maximum Gasteiger partial charge on any atom is 0.387 e. The van der Waals surface area contributed by atoms with Gasteiger partial charge in [-0.15, -0.1) is 0 Å². The number of anilines is 1. The summed E-state index contributed by atoms with van der Waals surface area (Å²) < 4.78 is 33.4. The summed E-state index contributed by atoms with van der Waals surface area (Å²) in [4.78, 5) is 24.1. The minimum Gasteiger partial charge on any atom is -0.462 e. The SMILES string of the molecule is CCOC(=O)c1ccccc1NC(=O)c1ccc(OC(F)F)cc1. The first-order valence-corrected chi connectivity index (χ1v) is 7.13. The number of rotatable bonds is 6. The highest BCUT2D eigenvalue weighted by Gasteiger charge is 2.15. The first-order valence-electron chi connectivity index (χ1n) is 7.13. The summed E-state index contributed by atoms with van der Waals surface area (Å²) >= 11 is 0. The Morgan fingerprint density at radius 1 is 1.08 bits per heavy atom. The van der Waals surface area contributed by atoms with E-state index >= 15 is 0 Å². The molecule has 0 saturated heterocycles. The molecule has 0 saturated carbocycles. The molecule has 0 aliphatic carbocycles. The predicted molar refractivity (Wildman–Crippen MR) is 83.4 cm³/mol. The lowest BCUT2D eigenvalue weighted by Gasteiger charge is -2.10. The molecule has 7 heteroatoms. The summed E-state index contributed by atoms with van der Waals surface area (Å²) in [6.45, 7) is -1.03. The van der Waals surface area contributed by atoms with Crippen LogP contribution >= 0.6 is 0 Å². The van der Waals surface area contributed by atoms with Crippen LogP contribution in [0.4, 0.5) is 14.5 Å². The van der Waals surface area contributed by atoms with E-state index in [1.165, 1.54) is 30.3 Å². The molecule has 0 aromatic heterocycles. The lowest BCUT2D eigenvalue weighted by atomic mass is 10.1. The molecule has 2 aromatic carbocycles. The smallest absolute Gasteiger partial charge is 0.387 e. The van der Waals surface area contributed by atoms with Crippen LogP contribution in [0.15, 0.2) is 48.5 Å². The Labute approximate surface area is 137 Å². The van der Waals surface area contributed by atoms with Crippen molar-refractivity contribution in [3.05, 3.63) is 59.7 Å². The van der Waals surface area contributed by atoms with Crippen LogP contribution in [0.1, 0.15) is 27.6 Å². The second-order valence-corrected chi connectivity index (χ2v) is 4.62. The molecular weight excluding hydrogens is 320 g/mol. The molecule has 0 spiro atoms. The minimum atomic E-state index is -2.93. The largest absolute Gasteiger partial charge is 0.462 e. The molecule has 0 heterocycles. The summed E-state index contributed by atoms with van der Waals surface area (Å²) in [5.41, 5.74) is 0.759. The number of nitrogens with one attached hydrogen (secondary N) is 1. The molecule has 0 aliphatic rings. The van der Waals surface area contributed by atoms with Gasteiger partial charge in [-0.1, -0.05) is 12.1 Å². The van der Waals surface area contributed by atoms with Gasteiger partial charge < -0.3 is 14.8 Å². The first-order chi connectivity index (χ1) is 11.5. The van der Waals surface area contributed by atoms with Crippen molar-refractivity contribution < 1.29 is 27.8 Å². The number of esters is 1. The zero-order valence-electron chi connectivity index (χ0n) is 12.8. The van der Waals surface area contributed by atoms with Crippen molar-refractivity contribution in [3.63, 3.8) is 0 Å². The zero-order valence-corrected chi connectivity index (χ0v) is 12.8. The van der Waals surface area contributed by atoms with Crippen molar-refractivity contribution in [2.24, 2.45) is 0 Å². The van der Waals surface area contributed by atoms with E-state index in [-0.39, 0.29) is 23.5 Å². The molecule has 5 nitrogen and oxygen atoms in total. The molecule has 0 fully saturated rings. The number of carbonyl (C=O) groups excluding carboxylic acids is 2. The zero-order chi connectivity index (χ0) is 17.5. The third-order valence-corrected chi connectivity index (χ3v) is 3.01. The highest BCUT2D eigenvalue weighted by Crippen LogP contribution is 2.19. The van der Waals surface area contributed by atoms with Crippen molar-refractivity contribution in [1.82, 2.24) is 0 Å². The third-order valence-electron chi connectivity index (χ3n) is 3.01. The molecular formula is C17H15F2NO4. The van der Waals surface area contributed by atoms with Crippen molar-refractivity contribution in [3.8, 4) is 5.75 Å². The molecule has 1 N–H and O–H groups in total. The molecule has 24 heavy (non-hydrogen) atoms. The van der Waals surface area contributed by atoms with Crippen molar-refractivity contribution in [1.29, 1.82) is 0 Å². The topological polar surface area (TPSA) is 64.6 Å². The lowest BCUT2D eigenvalue weighted by Crippen LogP contribution is -2.16. The summed E-state index contributed by atoms with van der Waals surface area (Å²) in [6, 6.07) is 11.6. The fraction of sp³-hybridized carbons (Fsp3) is 0.176. The van der Waals surface area contributed by atoms with Crippen LogP contribution < -0.4 is 10.1 Å². The summed E-state index contributed by atoms with van der Waals surface area (Å²) in [5.74, 6) is -1.09. The number of amides is 1. The van der Waals surface area contributed by atoms with Crippen molar-refractivity contribution in [2.45, 2.75) is 13.5 Å². The monoisotopic (exact) mass is 335 g/mol. The van der Waals surface area contributed by atoms with Crippen LogP contribution in [-0.4, -0.2) is 25.1 Å². The van der Waals surface area contributed by atoms with Gasteiger partial charge in [0.05, 0.1) is 17.9 Å². The molecule has 0 bridgehead atoms. The molecule has 0 aliphatic heterocycles. The van der Waals surface area contributed by atoms with E-state index in [2.05, 4.69) is 10.1 Å². The maximum absolute atomic E-state index is 12.2. The number of hydrogen-bond acceptors (Lipinski definition) is 4. The quantitative estimate of drug-likeness (QED) is 0.817. The molecule has 0 atom stereocenters. The van der Waals surface area contributed by atoms with Crippen molar-refractivity contribution >= 4 is 17.6 Å². The molecule has 0 radical (unpaired) electrons. The van der Waals surface area contributed by atoms with Gasteiger partial charge in [0.25, 0.3) is 5.91 Å². The van der Waals surface area contributed by atoms with Gasteiger partial charge in [0.15, 0.2) is 0 Å². The molecule has 0 unspecified atom stereocenters. The lowest BCUT2D eigenvalue weighted by molar-refractivity contribution is -0.0498. The van der Waals surface area contributed by atoms with E-state index in [0.717, 1.165) is 0 Å². The standard InChI is InChI=1S/C17H15F2NO4/c1-2-23-16(22)13-5-3-4-6-14(13)20-15(21)11-7-9-12(10-8-11)24-17(18)19/h3-10,17H,2H2,1H3,(H,20,21). The highest BCUT2D eigenvalue weighted by molar-refractivity contribution is 6.08. The number of hydrogen-bond donors (Lipinski definition) is 1. The summed E-state index contributed by atoms with van der Waals surface area (Å²) in [6.07, 6.45) is 0. The minimum absolute atomic E-state index is 0.0477. The Hall–Kier alpha value is -2.96. The van der Waals surface area contributed by atoms with E-state index in [0.29, 0.717) is 5.69 Å². The van der Waals surface area contributed by atoms with Gasteiger partial charge in [-0.05, 0) is 43.3 Å². The number of benzene rings is 2. The van der Waals surface area contributed by atoms with Crippen LogP contribution in [-0.2, 0) is 4.74 Å². The Bertz CT molecular complexity index is 717. The van der Waals surface area contributed by atoms with Crippen LogP contribution in [0.2, 0.25) is 0 Å². The second kappa shape index (κ2) is 8.05. The second-order valence-electron chi connectivity index (χ2n) is 4.62. The fourth-order valence-electron chi connectivity index (χ4n) is 1.96. The Morgan fingerprint density at radius 3 is 2.38 bits per heavy atom. The van der Waals surface area contributed by atoms with Gasteiger partial charge in [-0.25, -0.2) is 4.79 Å². The van der Waals surface area contributed by atoms with Gasteiger partial charge in [0.2, 0.25) is 0 Å². The van der Waals surface area contributed by atoms with Crippen LogP contribution in [0.5, 0.6) is 5.75 Å². The van der Waals surface area contributed by atoms with E-state index in [1.807, 2.05) is 0 Å². The number of ether oxygens (including phenoxy) is 2. The first kappa shape index (κ1) is 17.4. The van der Waals surface area contributed by atoms with E-state index in [1.54, 1.807) is 25.1 Å². The normalized spacial score (nSPS) is 10.3. The van der Waals surface area contributed by atoms with Gasteiger partial charge in [-0.2, -0.15) is 8.78 Å². The predicted octanol–water partition coefficient (Wildman–Crippen LogP) is 3.72. The van der Waals surface area contributed by atoms with Crippen LogP contribution in [0.3, 0.4) is 0 Å². The third kappa shape index (κ3) is 4.52. The molecule has 2 aromatic rings. The van der Waals surface area contributed by atoms with Gasteiger partial charge in [-0.3, -0.25) is 4.79 Å². The Morgan fingerprint density at radius 2 is 1.75 bits per heavy atom. The average molecular weight is 335 g/mol. The van der Waals surface area contributed by atoms with Gasteiger partial charge >= 0.3 is 12.6 Å². The van der Waals surface area contributed by atoms with Crippen molar-refractivity contribution in [2.75, 3.05) is 11.9 Å². The molecule has 126 valence electrons. The Kier molecular flexibility index (Phi) is 5.83. The fourth-order valence-corrected chi connectivity index (χ4v) is 1.96. The number of alkyl halides is 2. The Balaban J connectivity index is 2.14. The summed E-state index contributed by atoms with van der Waals surface area (Å²) in [5, 5.41) is 2.60. The number of halogens is 2. The van der Waals surface area contributed by atoms with Gasteiger partial charge in [0.1, 0.15) is 5.75 Å². The highest BCUT2D eigenvalue weighted by atomic mass is 19.3. The molecule has 1 amide bonds. The van der Waals surface area contributed by atoms with Crippen LogP contribution in [0, 0.1) is 0 Å². The van der Waals surface area contributed by atoms with E-state index in [9.17, 15) is 18.4 Å². The number of para-hydroxylation sites is 1. The maximum atomic E-state index is 12.2. The van der Waals surface area contributed by atoms with Gasteiger partial charge in [0, 0.05) is 5.56 Å². The van der Waals surface area contributed by atoms with E-state index < -0.39 is 18.5 Å². The number of carbonyl (C=O) groups is 2. The summed E-state index contributed by atoms with van der Waals surface area (Å²) in [7, 11) is 0. The average Bonchev–Trinajstić information content (AvgIpc) is 2.55. The van der Waals surface area contributed by atoms with E-state index in [4.69, 9.17) is 4.74 Å². The van der Waals surface area contributed by atoms with Crippen LogP contribution in [0.25, 0.3) is 0 Å².